The zero-order valence-corrected chi connectivity index (χ0v) is 11.6. The number of phenolic OH excluding ortho intramolecular Hbond substituents is 1. The van der Waals surface area contributed by atoms with Crippen LogP contribution in [0.15, 0.2) is 18.2 Å². The van der Waals surface area contributed by atoms with Crippen molar-refractivity contribution in [2.75, 3.05) is 6.54 Å². The average Bonchev–Trinajstić information content (AvgIpc) is 3.04. The predicted molar refractivity (Wildman–Crippen MR) is 74.0 cm³/mol. The maximum absolute atomic E-state index is 9.64. The van der Waals surface area contributed by atoms with E-state index >= 15 is 0 Å². The lowest BCUT2D eigenvalue weighted by atomic mass is 10.0. The van der Waals surface area contributed by atoms with Crippen molar-refractivity contribution in [1.29, 1.82) is 0 Å². The number of halogens is 2. The molecule has 1 aromatic rings. The maximum atomic E-state index is 9.64. The molecule has 0 heterocycles. The van der Waals surface area contributed by atoms with E-state index in [2.05, 4.69) is 12.2 Å². The highest BCUT2D eigenvalue weighted by molar-refractivity contribution is 6.30. The van der Waals surface area contributed by atoms with Crippen LogP contribution in [-0.4, -0.2) is 11.7 Å². The summed E-state index contributed by atoms with van der Waals surface area (Å²) in [5.74, 6) is 0.318. The maximum Gasteiger partial charge on any atom is 0.120 e. The van der Waals surface area contributed by atoms with E-state index in [4.69, 9.17) is 11.6 Å². The van der Waals surface area contributed by atoms with Crippen molar-refractivity contribution >= 4 is 24.0 Å². The van der Waals surface area contributed by atoms with Crippen LogP contribution >= 0.6 is 24.0 Å². The molecule has 2 nitrogen and oxygen atoms in total. The number of rotatable bonds is 5. The van der Waals surface area contributed by atoms with Gasteiger partial charge in [0.25, 0.3) is 0 Å². The van der Waals surface area contributed by atoms with Gasteiger partial charge in [-0.3, -0.25) is 0 Å². The zero-order valence-electron chi connectivity index (χ0n) is 10.0. The fourth-order valence-corrected chi connectivity index (χ4v) is 2.18. The lowest BCUT2D eigenvalue weighted by Crippen LogP contribution is -2.23. The highest BCUT2D eigenvalue weighted by Gasteiger charge is 2.39. The molecule has 1 aliphatic rings. The third-order valence-electron chi connectivity index (χ3n) is 3.56. The summed E-state index contributed by atoms with van der Waals surface area (Å²) in [7, 11) is 0. The van der Waals surface area contributed by atoms with E-state index in [0.29, 0.717) is 22.7 Å². The van der Waals surface area contributed by atoms with Crippen molar-refractivity contribution in [2.24, 2.45) is 5.41 Å². The molecule has 0 amide bonds. The van der Waals surface area contributed by atoms with Crippen LogP contribution < -0.4 is 5.32 Å². The van der Waals surface area contributed by atoms with E-state index in [-0.39, 0.29) is 12.4 Å². The molecule has 1 saturated carbocycles. The quantitative estimate of drug-likeness (QED) is 0.858. The number of nitrogens with one attached hydrogen (secondary N) is 1. The van der Waals surface area contributed by atoms with Crippen molar-refractivity contribution in [2.45, 2.75) is 32.7 Å². The van der Waals surface area contributed by atoms with Gasteiger partial charge in [0.2, 0.25) is 0 Å². The Balaban J connectivity index is 0.00000144. The Morgan fingerprint density at radius 1 is 1.41 bits per heavy atom. The van der Waals surface area contributed by atoms with Crippen LogP contribution in [0.3, 0.4) is 0 Å². The Morgan fingerprint density at radius 2 is 2.12 bits per heavy atom. The summed E-state index contributed by atoms with van der Waals surface area (Å²) in [6.07, 6.45) is 3.90. The van der Waals surface area contributed by atoms with Gasteiger partial charge in [0.1, 0.15) is 5.75 Å². The second kappa shape index (κ2) is 5.94. The fraction of sp³-hybridized carbons (Fsp3) is 0.538. The predicted octanol–water partition coefficient (Wildman–Crippen LogP) is 3.75. The lowest BCUT2D eigenvalue weighted by Gasteiger charge is -2.14. The second-order valence-electron chi connectivity index (χ2n) is 4.73. The van der Waals surface area contributed by atoms with Gasteiger partial charge in [-0.25, -0.2) is 0 Å². The Labute approximate surface area is 114 Å². The van der Waals surface area contributed by atoms with Crippen LogP contribution in [0.4, 0.5) is 0 Å². The van der Waals surface area contributed by atoms with Gasteiger partial charge in [0.15, 0.2) is 0 Å². The van der Waals surface area contributed by atoms with Crippen LogP contribution in [0.25, 0.3) is 0 Å². The third-order valence-corrected chi connectivity index (χ3v) is 3.80. The van der Waals surface area contributed by atoms with Gasteiger partial charge in [-0.15, -0.1) is 12.4 Å². The van der Waals surface area contributed by atoms with E-state index in [1.165, 1.54) is 19.3 Å². The summed E-state index contributed by atoms with van der Waals surface area (Å²) in [5.41, 5.74) is 1.41. The lowest BCUT2D eigenvalue weighted by molar-refractivity contribution is 0.432. The Kier molecular flexibility index (Phi) is 5.11. The molecule has 2 N–H and O–H groups in total. The minimum absolute atomic E-state index is 0. The molecule has 2 rings (SSSR count). The summed E-state index contributed by atoms with van der Waals surface area (Å²) < 4.78 is 0. The van der Waals surface area contributed by atoms with Gasteiger partial charge < -0.3 is 10.4 Å². The average molecular weight is 276 g/mol. The first-order valence-electron chi connectivity index (χ1n) is 5.83. The Hall–Kier alpha value is -0.440. The van der Waals surface area contributed by atoms with Gasteiger partial charge in [0.05, 0.1) is 0 Å². The van der Waals surface area contributed by atoms with Crippen molar-refractivity contribution < 1.29 is 5.11 Å². The molecule has 0 aliphatic heterocycles. The topological polar surface area (TPSA) is 32.3 Å². The molecule has 1 fully saturated rings. The number of phenols is 1. The molecule has 0 saturated heterocycles. The van der Waals surface area contributed by atoms with Gasteiger partial charge in [0, 0.05) is 23.7 Å². The van der Waals surface area contributed by atoms with Gasteiger partial charge in [-0.1, -0.05) is 18.5 Å². The molecule has 17 heavy (non-hydrogen) atoms. The molecule has 0 radical (unpaired) electrons. The minimum atomic E-state index is 0. The number of hydrogen-bond acceptors (Lipinski definition) is 2. The van der Waals surface area contributed by atoms with Crippen LogP contribution in [0.1, 0.15) is 31.7 Å². The molecule has 4 heteroatoms. The van der Waals surface area contributed by atoms with Gasteiger partial charge in [-0.05, 0) is 42.9 Å². The standard InChI is InChI=1S/C13H18ClNO.ClH/c1-2-13(5-6-13)9-15-8-10-7-11(14)3-4-12(10)16;/h3-4,7,15-16H,2,5-6,8-9H2,1H3;1H. The third kappa shape index (κ3) is 3.77. The fourth-order valence-electron chi connectivity index (χ4n) is 1.99. The van der Waals surface area contributed by atoms with Crippen LogP contribution in [0.2, 0.25) is 5.02 Å². The second-order valence-corrected chi connectivity index (χ2v) is 5.17. The van der Waals surface area contributed by atoms with Crippen molar-refractivity contribution in [3.8, 4) is 5.75 Å². The molecule has 0 spiro atoms. The van der Waals surface area contributed by atoms with Crippen LogP contribution in [-0.2, 0) is 6.54 Å². The van der Waals surface area contributed by atoms with Crippen molar-refractivity contribution in [3.63, 3.8) is 0 Å². The van der Waals surface area contributed by atoms with E-state index in [1.54, 1.807) is 12.1 Å². The first kappa shape index (κ1) is 14.6. The van der Waals surface area contributed by atoms with Crippen LogP contribution in [0, 0.1) is 5.41 Å². The molecule has 0 atom stereocenters. The first-order valence-corrected chi connectivity index (χ1v) is 6.21. The van der Waals surface area contributed by atoms with E-state index in [9.17, 15) is 5.11 Å². The normalized spacial score (nSPS) is 16.4. The summed E-state index contributed by atoms with van der Waals surface area (Å²) in [5, 5.41) is 13.7. The summed E-state index contributed by atoms with van der Waals surface area (Å²) >= 11 is 5.89. The highest BCUT2D eigenvalue weighted by Crippen LogP contribution is 2.47. The molecule has 1 aliphatic carbocycles. The van der Waals surface area contributed by atoms with Crippen molar-refractivity contribution in [1.82, 2.24) is 5.32 Å². The summed E-state index contributed by atoms with van der Waals surface area (Å²) in [6.45, 7) is 3.97. The summed E-state index contributed by atoms with van der Waals surface area (Å²) in [4.78, 5) is 0. The summed E-state index contributed by atoms with van der Waals surface area (Å²) in [6, 6.07) is 5.16. The molecular formula is C13H19Cl2NO. The van der Waals surface area contributed by atoms with E-state index in [0.717, 1.165) is 12.1 Å². The zero-order chi connectivity index (χ0) is 11.6. The minimum Gasteiger partial charge on any atom is -0.508 e. The first-order chi connectivity index (χ1) is 7.65. The Bertz CT molecular complexity index is 378. The number of benzene rings is 1. The monoisotopic (exact) mass is 275 g/mol. The van der Waals surface area contributed by atoms with E-state index < -0.39 is 0 Å². The van der Waals surface area contributed by atoms with Gasteiger partial charge >= 0.3 is 0 Å². The van der Waals surface area contributed by atoms with Crippen molar-refractivity contribution in [3.05, 3.63) is 28.8 Å². The highest BCUT2D eigenvalue weighted by atomic mass is 35.5. The smallest absolute Gasteiger partial charge is 0.120 e. The van der Waals surface area contributed by atoms with Crippen LogP contribution in [0.5, 0.6) is 5.75 Å². The molecule has 1 aromatic carbocycles. The Morgan fingerprint density at radius 3 is 2.71 bits per heavy atom. The SMILES string of the molecule is CCC1(CNCc2cc(Cl)ccc2O)CC1.Cl. The molecule has 0 unspecified atom stereocenters. The molecule has 96 valence electrons. The number of aromatic hydroxyl groups is 1. The molecule has 0 aromatic heterocycles. The number of hydrogen-bond donors (Lipinski definition) is 2. The van der Waals surface area contributed by atoms with E-state index in [1.807, 2.05) is 6.07 Å². The molecular weight excluding hydrogens is 257 g/mol. The van der Waals surface area contributed by atoms with Gasteiger partial charge in [-0.2, -0.15) is 0 Å². The molecule has 0 bridgehead atoms. The largest absolute Gasteiger partial charge is 0.508 e.